The van der Waals surface area contributed by atoms with Crippen molar-refractivity contribution in [1.29, 1.82) is 5.26 Å². The van der Waals surface area contributed by atoms with E-state index in [0.29, 0.717) is 11.4 Å². The molecule has 86 valence electrons. The zero-order valence-corrected chi connectivity index (χ0v) is 9.68. The van der Waals surface area contributed by atoms with Gasteiger partial charge in [0.15, 0.2) is 5.82 Å². The summed E-state index contributed by atoms with van der Waals surface area (Å²) in [7, 11) is 1.85. The van der Waals surface area contributed by atoms with Gasteiger partial charge in [0.05, 0.1) is 23.1 Å². The minimum absolute atomic E-state index is 0.456. The van der Waals surface area contributed by atoms with Crippen molar-refractivity contribution in [3.63, 3.8) is 0 Å². The maximum absolute atomic E-state index is 8.95. The molecular formula is C11H12N6. The highest BCUT2D eigenvalue weighted by Crippen LogP contribution is 2.20. The number of anilines is 2. The van der Waals surface area contributed by atoms with Crippen LogP contribution in [-0.4, -0.2) is 20.0 Å². The first-order chi connectivity index (χ1) is 8.24. The number of hydrogen-bond acceptors (Lipinski definition) is 5. The van der Waals surface area contributed by atoms with Crippen molar-refractivity contribution in [3.05, 3.63) is 29.7 Å². The molecule has 0 radical (unpaired) electrons. The SMILES string of the molecule is CCc1nn(C)cc1Nc1nnccc1C#N. The van der Waals surface area contributed by atoms with Gasteiger partial charge in [-0.3, -0.25) is 4.68 Å². The van der Waals surface area contributed by atoms with Crippen molar-refractivity contribution in [2.75, 3.05) is 5.32 Å². The number of aryl methyl sites for hydroxylation is 2. The molecule has 0 atom stereocenters. The number of nitrogens with zero attached hydrogens (tertiary/aromatic N) is 5. The fourth-order valence-corrected chi connectivity index (χ4v) is 1.54. The molecule has 0 saturated carbocycles. The molecular weight excluding hydrogens is 216 g/mol. The van der Waals surface area contributed by atoms with E-state index in [0.717, 1.165) is 17.8 Å². The molecule has 0 fully saturated rings. The lowest BCUT2D eigenvalue weighted by molar-refractivity contribution is 0.746. The van der Waals surface area contributed by atoms with Crippen LogP contribution in [0.2, 0.25) is 0 Å². The first kappa shape index (κ1) is 11.1. The van der Waals surface area contributed by atoms with Crippen LogP contribution in [0.4, 0.5) is 11.5 Å². The number of nitrogens with one attached hydrogen (secondary N) is 1. The molecule has 2 aromatic heterocycles. The molecule has 2 rings (SSSR count). The Labute approximate surface area is 98.9 Å². The van der Waals surface area contributed by atoms with Crippen LogP contribution in [0.1, 0.15) is 18.2 Å². The number of hydrogen-bond donors (Lipinski definition) is 1. The van der Waals surface area contributed by atoms with Crippen LogP contribution in [0.3, 0.4) is 0 Å². The molecule has 0 unspecified atom stereocenters. The molecule has 0 aliphatic carbocycles. The molecule has 2 heterocycles. The molecule has 0 spiro atoms. The van der Waals surface area contributed by atoms with Crippen LogP contribution in [0.15, 0.2) is 18.5 Å². The van der Waals surface area contributed by atoms with E-state index in [4.69, 9.17) is 5.26 Å². The molecule has 0 amide bonds. The molecule has 1 N–H and O–H groups in total. The maximum atomic E-state index is 8.95. The number of aromatic nitrogens is 4. The highest BCUT2D eigenvalue weighted by Gasteiger charge is 2.09. The van der Waals surface area contributed by atoms with Gasteiger partial charge >= 0.3 is 0 Å². The summed E-state index contributed by atoms with van der Waals surface area (Å²) in [6, 6.07) is 3.69. The topological polar surface area (TPSA) is 79.4 Å². The molecule has 0 aromatic carbocycles. The first-order valence-electron chi connectivity index (χ1n) is 5.26. The second-order valence-corrected chi connectivity index (χ2v) is 3.55. The molecule has 0 aliphatic heterocycles. The quantitative estimate of drug-likeness (QED) is 0.858. The second-order valence-electron chi connectivity index (χ2n) is 3.55. The first-order valence-corrected chi connectivity index (χ1v) is 5.26. The van der Waals surface area contributed by atoms with Crippen LogP contribution >= 0.6 is 0 Å². The predicted molar refractivity (Wildman–Crippen MR) is 62.6 cm³/mol. The second kappa shape index (κ2) is 4.61. The van der Waals surface area contributed by atoms with Gasteiger partial charge in [0.2, 0.25) is 0 Å². The minimum Gasteiger partial charge on any atom is -0.335 e. The Kier molecular flexibility index (Phi) is 3.01. The summed E-state index contributed by atoms with van der Waals surface area (Å²) in [6.45, 7) is 2.02. The van der Waals surface area contributed by atoms with E-state index >= 15 is 0 Å². The molecule has 6 nitrogen and oxygen atoms in total. The highest BCUT2D eigenvalue weighted by atomic mass is 15.3. The van der Waals surface area contributed by atoms with Gasteiger partial charge in [0, 0.05) is 13.2 Å². The standard InChI is InChI=1S/C11H12N6/c1-3-9-10(7-17(2)16-9)14-11-8(6-12)4-5-13-15-11/h4-5,7H,3H2,1-2H3,(H,14,15). The van der Waals surface area contributed by atoms with E-state index in [-0.39, 0.29) is 0 Å². The van der Waals surface area contributed by atoms with Crippen LogP contribution in [0.5, 0.6) is 0 Å². The van der Waals surface area contributed by atoms with E-state index in [2.05, 4.69) is 26.7 Å². The fourth-order valence-electron chi connectivity index (χ4n) is 1.54. The van der Waals surface area contributed by atoms with Crippen LogP contribution in [-0.2, 0) is 13.5 Å². The number of rotatable bonds is 3. The normalized spacial score (nSPS) is 9.94. The lowest BCUT2D eigenvalue weighted by atomic mass is 10.2. The van der Waals surface area contributed by atoms with Crippen molar-refractivity contribution < 1.29 is 0 Å². The summed E-state index contributed by atoms with van der Waals surface area (Å²) in [6.07, 6.45) is 4.16. The van der Waals surface area contributed by atoms with Crippen LogP contribution < -0.4 is 5.32 Å². The van der Waals surface area contributed by atoms with Gasteiger partial charge in [0.1, 0.15) is 6.07 Å². The van der Waals surface area contributed by atoms with Crippen molar-refractivity contribution in [1.82, 2.24) is 20.0 Å². The summed E-state index contributed by atoms with van der Waals surface area (Å²) in [5.74, 6) is 0.456. The van der Waals surface area contributed by atoms with E-state index in [1.165, 1.54) is 6.20 Å². The molecule has 0 bridgehead atoms. The van der Waals surface area contributed by atoms with E-state index in [9.17, 15) is 0 Å². The molecule has 17 heavy (non-hydrogen) atoms. The highest BCUT2D eigenvalue weighted by molar-refractivity contribution is 5.63. The Hall–Kier alpha value is -2.42. The van der Waals surface area contributed by atoms with E-state index < -0.39 is 0 Å². The van der Waals surface area contributed by atoms with E-state index in [1.54, 1.807) is 10.7 Å². The van der Waals surface area contributed by atoms with Crippen LogP contribution in [0.25, 0.3) is 0 Å². The van der Waals surface area contributed by atoms with Crippen molar-refractivity contribution >= 4 is 11.5 Å². The Morgan fingerprint density at radius 2 is 2.35 bits per heavy atom. The third kappa shape index (κ3) is 2.23. The fraction of sp³-hybridized carbons (Fsp3) is 0.273. The average Bonchev–Trinajstić information content (AvgIpc) is 2.70. The lowest BCUT2D eigenvalue weighted by Gasteiger charge is -2.04. The Balaban J connectivity index is 2.35. The van der Waals surface area contributed by atoms with Gasteiger partial charge < -0.3 is 5.32 Å². The molecule has 0 aliphatic rings. The number of nitriles is 1. The zero-order valence-electron chi connectivity index (χ0n) is 9.68. The van der Waals surface area contributed by atoms with Gasteiger partial charge in [-0.1, -0.05) is 6.92 Å². The van der Waals surface area contributed by atoms with Gasteiger partial charge in [-0.15, -0.1) is 5.10 Å². The third-order valence-corrected chi connectivity index (χ3v) is 2.33. The zero-order chi connectivity index (χ0) is 12.3. The Morgan fingerprint density at radius 3 is 3.06 bits per heavy atom. The molecule has 2 aromatic rings. The Bertz CT molecular complexity index is 566. The molecule has 0 saturated heterocycles. The van der Waals surface area contributed by atoms with Crippen molar-refractivity contribution in [2.45, 2.75) is 13.3 Å². The largest absolute Gasteiger partial charge is 0.335 e. The van der Waals surface area contributed by atoms with Crippen molar-refractivity contribution in [2.24, 2.45) is 7.05 Å². The van der Waals surface area contributed by atoms with E-state index in [1.807, 2.05) is 20.2 Å². The van der Waals surface area contributed by atoms with Crippen molar-refractivity contribution in [3.8, 4) is 6.07 Å². The lowest BCUT2D eigenvalue weighted by Crippen LogP contribution is -1.99. The average molecular weight is 228 g/mol. The summed E-state index contributed by atoms with van der Waals surface area (Å²) in [5.41, 5.74) is 2.25. The minimum atomic E-state index is 0.456. The predicted octanol–water partition coefficient (Wildman–Crippen LogP) is 1.39. The smallest absolute Gasteiger partial charge is 0.171 e. The maximum Gasteiger partial charge on any atom is 0.171 e. The Morgan fingerprint density at radius 1 is 1.53 bits per heavy atom. The summed E-state index contributed by atoms with van der Waals surface area (Å²) < 4.78 is 1.73. The van der Waals surface area contributed by atoms with Gasteiger partial charge in [0.25, 0.3) is 0 Å². The summed E-state index contributed by atoms with van der Waals surface area (Å²) in [4.78, 5) is 0. The summed E-state index contributed by atoms with van der Waals surface area (Å²) >= 11 is 0. The van der Waals surface area contributed by atoms with Gasteiger partial charge in [-0.05, 0) is 12.5 Å². The van der Waals surface area contributed by atoms with Gasteiger partial charge in [-0.25, -0.2) is 0 Å². The molecule has 6 heteroatoms. The van der Waals surface area contributed by atoms with Gasteiger partial charge in [-0.2, -0.15) is 15.5 Å². The summed E-state index contributed by atoms with van der Waals surface area (Å²) in [5, 5.41) is 24.0. The van der Waals surface area contributed by atoms with Crippen LogP contribution in [0, 0.1) is 11.3 Å². The third-order valence-electron chi connectivity index (χ3n) is 2.33. The monoisotopic (exact) mass is 228 g/mol.